The first-order valence-electron chi connectivity index (χ1n) is 7.00. The largest absolute Gasteiger partial charge is 0.457 e. The number of tetrazole rings is 1. The summed E-state index contributed by atoms with van der Waals surface area (Å²) in [5, 5.41) is 19.9. The lowest BCUT2D eigenvalue weighted by Gasteiger charge is -2.41. The first-order chi connectivity index (χ1) is 11.2. The molecule has 0 saturated carbocycles. The van der Waals surface area contributed by atoms with Crippen LogP contribution in [0.5, 0.6) is 0 Å². The predicted octanol–water partition coefficient (Wildman–Crippen LogP) is -0.472. The Hall–Kier alpha value is -2.20. The van der Waals surface area contributed by atoms with Gasteiger partial charge in [0, 0.05) is 17.9 Å². The van der Waals surface area contributed by atoms with Gasteiger partial charge in [-0.1, -0.05) is 12.7 Å². The second kappa shape index (κ2) is 6.50. The average Bonchev–Trinajstić information content (AvgIpc) is 3.17. The summed E-state index contributed by atoms with van der Waals surface area (Å²) < 4.78 is 6.62. The maximum Gasteiger partial charge on any atom is 0.356 e. The number of carbonyl (C=O) groups is 2. The summed E-state index contributed by atoms with van der Waals surface area (Å²) in [4.78, 5) is 26.5. The SMILES string of the molecule is C=CCOC(=O)C1=C(CCn2cnnn2)S[C@@H]2[C@@H](CO)C(=O)N12. The third-order valence-electron chi connectivity index (χ3n) is 3.60. The lowest BCUT2D eigenvalue weighted by molar-refractivity contribution is -0.155. The van der Waals surface area contributed by atoms with Crippen molar-refractivity contribution in [2.24, 2.45) is 5.92 Å². The lowest BCUT2D eigenvalue weighted by atomic mass is 9.98. The number of aromatic nitrogens is 4. The monoisotopic (exact) mass is 337 g/mol. The normalized spacial score (nSPS) is 22.8. The fourth-order valence-electron chi connectivity index (χ4n) is 2.49. The molecule has 2 aliphatic heterocycles. The van der Waals surface area contributed by atoms with E-state index >= 15 is 0 Å². The quantitative estimate of drug-likeness (QED) is 0.404. The zero-order valence-electron chi connectivity index (χ0n) is 12.2. The van der Waals surface area contributed by atoms with Gasteiger partial charge >= 0.3 is 5.97 Å². The Morgan fingerprint density at radius 3 is 3.04 bits per heavy atom. The highest BCUT2D eigenvalue weighted by atomic mass is 32.2. The molecule has 23 heavy (non-hydrogen) atoms. The van der Waals surface area contributed by atoms with Crippen molar-refractivity contribution in [1.82, 2.24) is 25.1 Å². The summed E-state index contributed by atoms with van der Waals surface area (Å²) in [5.74, 6) is -1.29. The Morgan fingerprint density at radius 2 is 2.39 bits per heavy atom. The number of thioether (sulfide) groups is 1. The van der Waals surface area contributed by atoms with Crippen LogP contribution in [-0.4, -0.2) is 60.7 Å². The Kier molecular flexibility index (Phi) is 4.44. The topological polar surface area (TPSA) is 110 Å². The van der Waals surface area contributed by atoms with E-state index in [2.05, 4.69) is 22.1 Å². The number of aryl methyl sites for hydroxylation is 1. The van der Waals surface area contributed by atoms with Crippen molar-refractivity contribution in [2.75, 3.05) is 13.2 Å². The van der Waals surface area contributed by atoms with Crippen molar-refractivity contribution < 1.29 is 19.4 Å². The Balaban J connectivity index is 1.79. The number of aliphatic hydroxyl groups is 1. The van der Waals surface area contributed by atoms with Crippen LogP contribution in [0.4, 0.5) is 0 Å². The van der Waals surface area contributed by atoms with E-state index < -0.39 is 11.9 Å². The van der Waals surface area contributed by atoms with E-state index in [1.165, 1.54) is 29.1 Å². The zero-order chi connectivity index (χ0) is 16.4. The van der Waals surface area contributed by atoms with E-state index in [-0.39, 0.29) is 30.2 Å². The maximum atomic E-state index is 12.3. The molecule has 122 valence electrons. The number of β-lactam (4-membered cyclic amide) rings is 1. The van der Waals surface area contributed by atoms with Gasteiger partial charge in [-0.05, 0) is 10.4 Å². The summed E-state index contributed by atoms with van der Waals surface area (Å²) in [6.45, 7) is 3.82. The van der Waals surface area contributed by atoms with Crippen LogP contribution in [0, 0.1) is 5.92 Å². The molecular formula is C13H15N5O4S. The number of nitrogens with zero attached hydrogens (tertiary/aromatic N) is 5. The first-order valence-corrected chi connectivity index (χ1v) is 7.88. The minimum absolute atomic E-state index is 0.0728. The molecule has 3 heterocycles. The third kappa shape index (κ3) is 2.75. The number of amides is 1. The van der Waals surface area contributed by atoms with E-state index in [4.69, 9.17) is 4.74 Å². The van der Waals surface area contributed by atoms with Gasteiger partial charge in [0.15, 0.2) is 0 Å². The molecule has 9 nitrogen and oxygen atoms in total. The molecule has 2 atom stereocenters. The highest BCUT2D eigenvalue weighted by Crippen LogP contribution is 2.50. The zero-order valence-corrected chi connectivity index (χ0v) is 13.0. The molecule has 3 rings (SSSR count). The van der Waals surface area contributed by atoms with Crippen molar-refractivity contribution >= 4 is 23.6 Å². The minimum atomic E-state index is -0.559. The molecule has 1 aromatic heterocycles. The van der Waals surface area contributed by atoms with Gasteiger partial charge in [-0.3, -0.25) is 9.69 Å². The Morgan fingerprint density at radius 1 is 1.57 bits per heavy atom. The highest BCUT2D eigenvalue weighted by molar-refractivity contribution is 8.04. The summed E-state index contributed by atoms with van der Waals surface area (Å²) in [6, 6.07) is 0. The number of aliphatic hydroxyl groups excluding tert-OH is 1. The molecule has 2 aliphatic rings. The third-order valence-corrected chi connectivity index (χ3v) is 5.07. The van der Waals surface area contributed by atoms with Crippen molar-refractivity contribution in [3.8, 4) is 0 Å². The summed E-state index contributed by atoms with van der Waals surface area (Å²) in [7, 11) is 0. The first kappa shape index (κ1) is 15.7. The van der Waals surface area contributed by atoms with Crippen LogP contribution in [0.15, 0.2) is 29.6 Å². The number of rotatable bonds is 7. The van der Waals surface area contributed by atoms with E-state index in [0.29, 0.717) is 13.0 Å². The molecular weight excluding hydrogens is 322 g/mol. The van der Waals surface area contributed by atoms with Gasteiger partial charge in [0.1, 0.15) is 24.0 Å². The fraction of sp³-hybridized carbons (Fsp3) is 0.462. The molecule has 0 aromatic carbocycles. The molecule has 0 aliphatic carbocycles. The number of carbonyl (C=O) groups excluding carboxylic acids is 2. The van der Waals surface area contributed by atoms with Gasteiger partial charge < -0.3 is 9.84 Å². The Labute approximate surface area is 136 Å². The van der Waals surface area contributed by atoms with E-state index in [0.717, 1.165) is 4.91 Å². The molecule has 1 saturated heterocycles. The number of ether oxygens (including phenoxy) is 1. The number of esters is 1. The number of hydrogen-bond acceptors (Lipinski definition) is 8. The van der Waals surface area contributed by atoms with Crippen LogP contribution in [0.2, 0.25) is 0 Å². The molecule has 1 aromatic rings. The van der Waals surface area contributed by atoms with E-state index in [9.17, 15) is 14.7 Å². The molecule has 1 N–H and O–H groups in total. The van der Waals surface area contributed by atoms with E-state index in [1.807, 2.05) is 0 Å². The number of allylic oxidation sites excluding steroid dienone is 1. The van der Waals surface area contributed by atoms with Crippen LogP contribution in [0.3, 0.4) is 0 Å². The molecule has 0 radical (unpaired) electrons. The summed E-state index contributed by atoms with van der Waals surface area (Å²) in [6.07, 6.45) is 3.44. The van der Waals surface area contributed by atoms with Gasteiger partial charge in [-0.15, -0.1) is 16.9 Å². The van der Waals surface area contributed by atoms with Crippen molar-refractivity contribution in [3.05, 3.63) is 29.6 Å². The van der Waals surface area contributed by atoms with Crippen molar-refractivity contribution in [3.63, 3.8) is 0 Å². The fourth-order valence-corrected chi connectivity index (χ4v) is 3.97. The molecule has 0 unspecified atom stereocenters. The standard InChI is InChI=1S/C13H15N5O4S/c1-2-5-22-13(21)10-9(3-4-17-7-14-15-16-17)23-12-8(6-19)11(20)18(10)12/h2,7-8,12,19H,1,3-6H2/t8-,12+/m0/s1. The van der Waals surface area contributed by atoms with Crippen LogP contribution in [0.1, 0.15) is 6.42 Å². The smallest absolute Gasteiger partial charge is 0.356 e. The number of fused-ring (bicyclic) bond motifs is 1. The van der Waals surface area contributed by atoms with Gasteiger partial charge in [-0.25, -0.2) is 9.48 Å². The second-order valence-corrected chi connectivity index (χ2v) is 6.20. The second-order valence-electron chi connectivity index (χ2n) is 4.99. The predicted molar refractivity (Wildman–Crippen MR) is 79.4 cm³/mol. The summed E-state index contributed by atoms with van der Waals surface area (Å²) in [5.41, 5.74) is 0.254. The van der Waals surface area contributed by atoms with Gasteiger partial charge in [0.05, 0.1) is 12.5 Å². The van der Waals surface area contributed by atoms with Crippen LogP contribution in [-0.2, 0) is 20.9 Å². The van der Waals surface area contributed by atoms with Gasteiger partial charge in [0.25, 0.3) is 0 Å². The summed E-state index contributed by atoms with van der Waals surface area (Å²) >= 11 is 1.40. The van der Waals surface area contributed by atoms with Crippen molar-refractivity contribution in [2.45, 2.75) is 18.3 Å². The maximum absolute atomic E-state index is 12.3. The lowest BCUT2D eigenvalue weighted by Crippen LogP contribution is -2.58. The minimum Gasteiger partial charge on any atom is -0.457 e. The van der Waals surface area contributed by atoms with Crippen molar-refractivity contribution in [1.29, 1.82) is 0 Å². The average molecular weight is 337 g/mol. The van der Waals surface area contributed by atoms with Crippen LogP contribution >= 0.6 is 11.8 Å². The molecule has 1 fully saturated rings. The van der Waals surface area contributed by atoms with E-state index in [1.54, 1.807) is 4.68 Å². The highest BCUT2D eigenvalue weighted by Gasteiger charge is 2.55. The number of hydrogen-bond donors (Lipinski definition) is 1. The van der Waals surface area contributed by atoms with Gasteiger partial charge in [0.2, 0.25) is 5.91 Å². The van der Waals surface area contributed by atoms with Gasteiger partial charge in [-0.2, -0.15) is 0 Å². The molecule has 10 heteroatoms. The Bertz CT molecular complexity index is 659. The molecule has 0 bridgehead atoms. The van der Waals surface area contributed by atoms with Crippen LogP contribution < -0.4 is 0 Å². The molecule has 1 amide bonds. The molecule has 0 spiro atoms. The van der Waals surface area contributed by atoms with Crippen LogP contribution in [0.25, 0.3) is 0 Å².